The van der Waals surface area contributed by atoms with E-state index in [1.807, 2.05) is 0 Å². The molecule has 0 saturated heterocycles. The molecule has 0 aromatic carbocycles. The number of hydrogen-bond donors (Lipinski definition) is 1. The highest BCUT2D eigenvalue weighted by molar-refractivity contribution is 5.81. The molecular weight excluding hydrogens is 316 g/mol. The van der Waals surface area contributed by atoms with Crippen molar-refractivity contribution in [2.24, 2.45) is 4.99 Å². The van der Waals surface area contributed by atoms with Gasteiger partial charge in [-0.05, 0) is 19.8 Å². The van der Waals surface area contributed by atoms with E-state index < -0.39 is 0 Å². The first kappa shape index (κ1) is 23.5. The fraction of sp³-hybridized carbons (Fsp3) is 0.958. The van der Waals surface area contributed by atoms with E-state index in [-0.39, 0.29) is 0 Å². The molecule has 2 heteroatoms. The van der Waals surface area contributed by atoms with Crippen LogP contribution < -0.4 is 5.32 Å². The lowest BCUT2D eigenvalue weighted by molar-refractivity contribution is 0.428. The Hall–Kier alpha value is -0.530. The van der Waals surface area contributed by atoms with Gasteiger partial charge in [0, 0.05) is 6.04 Å². The summed E-state index contributed by atoms with van der Waals surface area (Å²) < 4.78 is 0. The zero-order valence-corrected chi connectivity index (χ0v) is 18.3. The molecule has 2 atom stereocenters. The van der Waals surface area contributed by atoms with Gasteiger partial charge in [-0.15, -0.1) is 0 Å². The van der Waals surface area contributed by atoms with Crippen molar-refractivity contribution in [2.75, 3.05) is 0 Å². The Morgan fingerprint density at radius 1 is 0.615 bits per heavy atom. The normalized spacial score (nSPS) is 19.6. The van der Waals surface area contributed by atoms with Crippen LogP contribution in [0.3, 0.4) is 0 Å². The number of hydrogen-bond acceptors (Lipinski definition) is 2. The molecule has 0 radical (unpaired) electrons. The van der Waals surface area contributed by atoms with Gasteiger partial charge in [-0.1, -0.05) is 117 Å². The van der Waals surface area contributed by atoms with Gasteiger partial charge in [0.2, 0.25) is 0 Å². The summed E-state index contributed by atoms with van der Waals surface area (Å²) in [6, 6.07) is 1.18. The number of unbranched alkanes of at least 4 members (excludes halogenated alkanes) is 14. The molecule has 0 aromatic heterocycles. The number of amidine groups is 1. The average molecular weight is 365 g/mol. The minimum Gasteiger partial charge on any atom is -0.369 e. The quantitative estimate of drug-likeness (QED) is 0.246. The van der Waals surface area contributed by atoms with E-state index in [1.165, 1.54) is 121 Å². The second-order valence-electron chi connectivity index (χ2n) is 8.56. The molecule has 0 bridgehead atoms. The highest BCUT2D eigenvalue weighted by atomic mass is 15.1. The van der Waals surface area contributed by atoms with Crippen molar-refractivity contribution >= 4 is 5.84 Å². The molecule has 26 heavy (non-hydrogen) atoms. The molecule has 1 aliphatic heterocycles. The third-order valence-electron chi connectivity index (χ3n) is 5.94. The lowest BCUT2D eigenvalue weighted by Crippen LogP contribution is -2.33. The fourth-order valence-electron chi connectivity index (χ4n) is 4.26. The van der Waals surface area contributed by atoms with E-state index in [4.69, 9.17) is 4.99 Å². The predicted octanol–water partition coefficient (Wildman–Crippen LogP) is 7.81. The Kier molecular flexibility index (Phi) is 15.0. The van der Waals surface area contributed by atoms with E-state index in [1.54, 1.807) is 0 Å². The molecule has 2 unspecified atom stereocenters. The van der Waals surface area contributed by atoms with Crippen LogP contribution in [-0.4, -0.2) is 17.9 Å². The van der Waals surface area contributed by atoms with Crippen LogP contribution in [0.4, 0.5) is 0 Å². The Morgan fingerprint density at radius 2 is 1.04 bits per heavy atom. The summed E-state index contributed by atoms with van der Waals surface area (Å²) in [4.78, 5) is 4.88. The molecule has 154 valence electrons. The third-order valence-corrected chi connectivity index (χ3v) is 5.94. The van der Waals surface area contributed by atoms with Crippen LogP contribution >= 0.6 is 0 Å². The molecule has 0 amide bonds. The van der Waals surface area contributed by atoms with Crippen molar-refractivity contribution in [1.29, 1.82) is 0 Å². The first-order valence-electron chi connectivity index (χ1n) is 12.1. The summed E-state index contributed by atoms with van der Waals surface area (Å²) in [5.74, 6) is 1.18. The van der Waals surface area contributed by atoms with Gasteiger partial charge in [0.15, 0.2) is 0 Å². The third kappa shape index (κ3) is 12.0. The van der Waals surface area contributed by atoms with Gasteiger partial charge >= 0.3 is 0 Å². The van der Waals surface area contributed by atoms with Crippen molar-refractivity contribution in [3.63, 3.8) is 0 Å². The highest BCUT2D eigenvalue weighted by Crippen LogP contribution is 2.21. The van der Waals surface area contributed by atoms with Crippen LogP contribution in [0.2, 0.25) is 0 Å². The van der Waals surface area contributed by atoms with E-state index in [9.17, 15) is 0 Å². The topological polar surface area (TPSA) is 24.4 Å². The van der Waals surface area contributed by atoms with Gasteiger partial charge < -0.3 is 5.32 Å². The summed E-state index contributed by atoms with van der Waals surface area (Å²) in [6.07, 6.45) is 25.2. The van der Waals surface area contributed by atoms with Gasteiger partial charge in [-0.25, -0.2) is 0 Å². The van der Waals surface area contributed by atoms with Crippen molar-refractivity contribution in [3.8, 4) is 0 Å². The summed E-state index contributed by atoms with van der Waals surface area (Å²) in [5, 5.41) is 3.65. The Balaban J connectivity index is 2.01. The van der Waals surface area contributed by atoms with Gasteiger partial charge in [-0.3, -0.25) is 4.99 Å². The van der Waals surface area contributed by atoms with Gasteiger partial charge in [0.1, 0.15) is 0 Å². The largest absolute Gasteiger partial charge is 0.369 e. The molecule has 0 aliphatic carbocycles. The van der Waals surface area contributed by atoms with Crippen LogP contribution in [-0.2, 0) is 0 Å². The molecule has 1 aliphatic rings. The number of aliphatic imine (C=N–C) groups is 1. The average Bonchev–Trinajstić information content (AvgIpc) is 2.99. The molecule has 0 fully saturated rings. The Labute approximate surface area is 165 Å². The molecule has 1 N–H and O–H groups in total. The molecule has 2 nitrogen and oxygen atoms in total. The monoisotopic (exact) mass is 364 g/mol. The van der Waals surface area contributed by atoms with Crippen LogP contribution in [0.25, 0.3) is 0 Å². The van der Waals surface area contributed by atoms with Gasteiger partial charge in [0.25, 0.3) is 0 Å². The first-order valence-corrected chi connectivity index (χ1v) is 12.1. The maximum absolute atomic E-state index is 4.88. The Bertz CT molecular complexity index is 337. The van der Waals surface area contributed by atoms with Crippen molar-refractivity contribution in [1.82, 2.24) is 5.32 Å². The molecule has 0 aromatic rings. The summed E-state index contributed by atoms with van der Waals surface area (Å²) in [7, 11) is 0. The number of nitrogens with zero attached hydrogens (tertiary/aromatic N) is 1. The van der Waals surface area contributed by atoms with Crippen molar-refractivity contribution in [3.05, 3.63) is 0 Å². The van der Waals surface area contributed by atoms with Crippen LogP contribution in [0.5, 0.6) is 0 Å². The Morgan fingerprint density at radius 3 is 1.54 bits per heavy atom. The standard InChI is InChI=1S/C24H48N2/c1-4-6-8-10-12-14-16-18-20-23-24(26-22(3)25-23)21-19-17-15-13-11-9-7-5-2/h23-24H,4-21H2,1-3H3,(H,25,26). The number of rotatable bonds is 18. The zero-order valence-electron chi connectivity index (χ0n) is 18.3. The lowest BCUT2D eigenvalue weighted by atomic mass is 9.96. The molecule has 1 rings (SSSR count). The summed E-state index contributed by atoms with van der Waals surface area (Å²) >= 11 is 0. The maximum atomic E-state index is 4.88. The van der Waals surface area contributed by atoms with Gasteiger partial charge in [0.05, 0.1) is 11.9 Å². The molecule has 1 heterocycles. The second kappa shape index (κ2) is 16.6. The maximum Gasteiger partial charge on any atom is 0.0938 e. The van der Waals surface area contributed by atoms with E-state index >= 15 is 0 Å². The molecule has 0 saturated carbocycles. The summed E-state index contributed by atoms with van der Waals surface area (Å²) in [5.41, 5.74) is 0. The van der Waals surface area contributed by atoms with Crippen LogP contribution in [0, 0.1) is 0 Å². The van der Waals surface area contributed by atoms with E-state index in [0.29, 0.717) is 12.1 Å². The predicted molar refractivity (Wildman–Crippen MR) is 118 cm³/mol. The van der Waals surface area contributed by atoms with Crippen molar-refractivity contribution in [2.45, 2.75) is 148 Å². The van der Waals surface area contributed by atoms with E-state index in [0.717, 1.165) is 0 Å². The fourth-order valence-corrected chi connectivity index (χ4v) is 4.26. The second-order valence-corrected chi connectivity index (χ2v) is 8.56. The molecule has 0 spiro atoms. The number of nitrogens with one attached hydrogen (secondary N) is 1. The first-order chi connectivity index (χ1) is 12.8. The minimum atomic E-state index is 0.555. The smallest absolute Gasteiger partial charge is 0.0938 e. The summed E-state index contributed by atoms with van der Waals surface area (Å²) in [6.45, 7) is 6.74. The SMILES string of the molecule is CCCCCCCCCCC1N=C(C)NC1CCCCCCCCCC. The zero-order chi connectivity index (χ0) is 18.9. The van der Waals surface area contributed by atoms with Gasteiger partial charge in [-0.2, -0.15) is 0 Å². The van der Waals surface area contributed by atoms with Crippen molar-refractivity contribution < 1.29 is 0 Å². The molecular formula is C24H48N2. The highest BCUT2D eigenvalue weighted by Gasteiger charge is 2.25. The van der Waals surface area contributed by atoms with E-state index in [2.05, 4.69) is 26.1 Å². The minimum absolute atomic E-state index is 0.555. The van der Waals surface area contributed by atoms with Crippen LogP contribution in [0.15, 0.2) is 4.99 Å². The lowest BCUT2D eigenvalue weighted by Gasteiger charge is -2.18. The van der Waals surface area contributed by atoms with Crippen LogP contribution in [0.1, 0.15) is 136 Å².